The van der Waals surface area contributed by atoms with Gasteiger partial charge in [-0.25, -0.2) is 0 Å². The summed E-state index contributed by atoms with van der Waals surface area (Å²) in [6.07, 6.45) is 0. The molecule has 2 N–H and O–H groups in total. The second-order valence-corrected chi connectivity index (χ2v) is 19.4. The molecule has 0 fully saturated rings. The highest BCUT2D eigenvalue weighted by molar-refractivity contribution is 6.10. The van der Waals surface area contributed by atoms with Crippen LogP contribution in [0, 0.1) is 13.8 Å². The molecule has 0 unspecified atom stereocenters. The third-order valence-corrected chi connectivity index (χ3v) is 13.0. The molecule has 3 heterocycles. The van der Waals surface area contributed by atoms with Crippen molar-refractivity contribution in [3.63, 3.8) is 0 Å². The summed E-state index contributed by atoms with van der Waals surface area (Å²) >= 11 is 0. The van der Waals surface area contributed by atoms with Crippen LogP contribution in [-0.2, 0) is 7.05 Å². The van der Waals surface area contributed by atoms with Gasteiger partial charge in [-0.3, -0.25) is 0 Å². The summed E-state index contributed by atoms with van der Waals surface area (Å²) < 4.78 is 2.34. The highest BCUT2D eigenvalue weighted by Crippen LogP contribution is 2.35. The van der Waals surface area contributed by atoms with Crippen molar-refractivity contribution in [1.82, 2.24) is 14.5 Å². The molecule has 312 valence electrons. The fraction of sp³-hybridized carbons (Fsp3) is 0.368. The number of aromatic nitrogens is 3. The van der Waals surface area contributed by atoms with Crippen molar-refractivity contribution < 1.29 is 0 Å². The predicted molar refractivity (Wildman–Crippen MR) is 266 cm³/mol. The average molecular weight is 796 g/mol. The Hall–Kier alpha value is -5.28. The second-order valence-electron chi connectivity index (χ2n) is 19.4. The summed E-state index contributed by atoms with van der Waals surface area (Å²) in [6.45, 7) is 31.4. The number of hydrogen-bond acceptors (Lipinski definition) is 0. The fourth-order valence-electron chi connectivity index (χ4n) is 9.03. The lowest BCUT2D eigenvalue weighted by Gasteiger charge is -2.09. The monoisotopic (exact) mass is 796 g/mol. The van der Waals surface area contributed by atoms with Crippen LogP contribution in [0.2, 0.25) is 0 Å². The Bertz CT molecular complexity index is 2900. The maximum atomic E-state index is 3.61. The Labute approximate surface area is 359 Å². The summed E-state index contributed by atoms with van der Waals surface area (Å²) in [5.41, 5.74) is 18.9. The van der Waals surface area contributed by atoms with Gasteiger partial charge in [0, 0.05) is 72.5 Å². The molecular formula is C57H69N3. The number of H-pyrrole nitrogens is 2. The van der Waals surface area contributed by atoms with Gasteiger partial charge in [-0.2, -0.15) is 0 Å². The van der Waals surface area contributed by atoms with Gasteiger partial charge in [0.25, 0.3) is 0 Å². The van der Waals surface area contributed by atoms with Crippen molar-refractivity contribution in [3.05, 3.63) is 142 Å². The predicted octanol–water partition coefficient (Wildman–Crippen LogP) is 17.3. The molecular weight excluding hydrogens is 727 g/mol. The van der Waals surface area contributed by atoms with E-state index in [1.165, 1.54) is 110 Å². The smallest absolute Gasteiger partial charge is 0.0491 e. The summed E-state index contributed by atoms with van der Waals surface area (Å²) in [6, 6.07) is 36.7. The summed E-state index contributed by atoms with van der Waals surface area (Å²) in [5.74, 6) is 3.41. The molecule has 3 heteroatoms. The van der Waals surface area contributed by atoms with Gasteiger partial charge in [0.15, 0.2) is 0 Å². The minimum Gasteiger partial charge on any atom is -0.354 e. The first-order chi connectivity index (χ1) is 28.4. The highest BCUT2D eigenvalue weighted by Gasteiger charge is 2.14. The zero-order valence-corrected chi connectivity index (χ0v) is 39.1. The topological polar surface area (TPSA) is 36.5 Å². The minimum atomic E-state index is 0.565. The lowest BCUT2D eigenvalue weighted by Crippen LogP contribution is -1.91. The molecule has 0 saturated heterocycles. The number of aromatic amines is 2. The molecule has 0 aliphatic carbocycles. The molecule has 0 aliphatic heterocycles. The van der Waals surface area contributed by atoms with Crippen LogP contribution in [-0.4, -0.2) is 14.5 Å². The van der Waals surface area contributed by atoms with Crippen molar-refractivity contribution in [3.8, 4) is 0 Å². The maximum Gasteiger partial charge on any atom is 0.0491 e. The summed E-state index contributed by atoms with van der Waals surface area (Å²) in [5, 5.41) is 8.13. The van der Waals surface area contributed by atoms with E-state index in [0.29, 0.717) is 35.5 Å². The maximum absolute atomic E-state index is 3.61. The first-order valence-electron chi connectivity index (χ1n) is 22.6. The van der Waals surface area contributed by atoms with Gasteiger partial charge in [-0.1, -0.05) is 138 Å². The van der Waals surface area contributed by atoms with E-state index in [2.05, 4.69) is 216 Å². The number of nitrogens with one attached hydrogen (secondary N) is 2. The van der Waals surface area contributed by atoms with Crippen molar-refractivity contribution in [2.75, 3.05) is 0 Å². The molecule has 0 atom stereocenters. The molecule has 0 amide bonds. The van der Waals surface area contributed by atoms with E-state index in [0.717, 1.165) is 0 Å². The van der Waals surface area contributed by atoms with Gasteiger partial charge < -0.3 is 14.5 Å². The van der Waals surface area contributed by atoms with E-state index >= 15 is 0 Å². The van der Waals surface area contributed by atoms with Crippen LogP contribution >= 0.6 is 0 Å². The van der Waals surface area contributed by atoms with Gasteiger partial charge in [-0.15, -0.1) is 0 Å². The number of benzene rings is 6. The van der Waals surface area contributed by atoms with Crippen LogP contribution in [0.25, 0.3) is 65.4 Å². The number of nitrogens with zero attached hydrogens (tertiary/aromatic N) is 1. The highest BCUT2D eigenvalue weighted by atomic mass is 14.9. The first-order valence-corrected chi connectivity index (χ1v) is 22.6. The van der Waals surface area contributed by atoms with Crippen molar-refractivity contribution >= 4 is 65.4 Å². The Balaban J connectivity index is 0.000000136. The Morgan fingerprint density at radius 3 is 1.23 bits per heavy atom. The fourth-order valence-corrected chi connectivity index (χ4v) is 9.03. The Morgan fingerprint density at radius 1 is 0.350 bits per heavy atom. The number of hydrogen-bond donors (Lipinski definition) is 2. The third kappa shape index (κ3) is 8.25. The van der Waals surface area contributed by atoms with Crippen LogP contribution in [0.4, 0.5) is 0 Å². The number of fused-ring (bicyclic) bond motifs is 9. The van der Waals surface area contributed by atoms with Crippen LogP contribution in [0.15, 0.2) is 97.1 Å². The summed E-state index contributed by atoms with van der Waals surface area (Å²) in [7, 11) is 2.18. The molecule has 9 aromatic rings. The molecule has 9 rings (SSSR count). The first kappa shape index (κ1) is 42.8. The Kier molecular flexibility index (Phi) is 12.1. The molecule has 60 heavy (non-hydrogen) atoms. The normalized spacial score (nSPS) is 12.2. The summed E-state index contributed by atoms with van der Waals surface area (Å²) in [4.78, 5) is 7.21. The minimum absolute atomic E-state index is 0.565. The lowest BCUT2D eigenvalue weighted by molar-refractivity contribution is 0.858. The van der Waals surface area contributed by atoms with Gasteiger partial charge in [0.2, 0.25) is 0 Å². The zero-order valence-electron chi connectivity index (χ0n) is 39.1. The van der Waals surface area contributed by atoms with E-state index in [1.807, 2.05) is 0 Å². The number of rotatable bonds is 6. The van der Waals surface area contributed by atoms with E-state index in [-0.39, 0.29) is 0 Å². The quantitative estimate of drug-likeness (QED) is 0.168. The lowest BCUT2D eigenvalue weighted by atomic mass is 9.95. The SMILES string of the molecule is CC(C)c1ccc2c3ccc(C(C)C)cc3n(C)c2c1.Cc1cc(C(C)C)cc2[nH]c3cc(C(C)C)ccc3c12.Cc1cc2c(cc1C(C)C)[nH]c1cc(C(C)C)ccc12. The largest absolute Gasteiger partial charge is 0.354 e. The molecule has 0 spiro atoms. The second kappa shape index (κ2) is 17.0. The molecule has 3 nitrogen and oxygen atoms in total. The van der Waals surface area contributed by atoms with E-state index in [4.69, 9.17) is 0 Å². The van der Waals surface area contributed by atoms with Gasteiger partial charge in [0.05, 0.1) is 0 Å². The van der Waals surface area contributed by atoms with Crippen molar-refractivity contribution in [1.29, 1.82) is 0 Å². The number of aryl methyl sites for hydroxylation is 3. The standard InChI is InChI=1S/3C19H23N/c1-12(2)14-6-8-16-17-9-7-15(13(3)4)11-19(17)20(5)18(16)10-14;1-11(2)14-6-7-16-17(9-14)20-18-10-15(12(3)4)8-13(5)19(16)18;1-11(2)14-6-7-15-17-8-13(5)16(12(3)4)10-19(17)20-18(15)9-14/h6-13H,1-5H3;2*6-12,20H,1-5H3. The van der Waals surface area contributed by atoms with Crippen LogP contribution in [0.5, 0.6) is 0 Å². The zero-order chi connectivity index (χ0) is 43.3. The van der Waals surface area contributed by atoms with Crippen molar-refractivity contribution in [2.45, 2.75) is 132 Å². The van der Waals surface area contributed by atoms with Gasteiger partial charge in [-0.05, 0) is 136 Å². The van der Waals surface area contributed by atoms with E-state index in [1.54, 1.807) is 0 Å². The molecule has 0 saturated carbocycles. The van der Waals surface area contributed by atoms with E-state index in [9.17, 15) is 0 Å². The van der Waals surface area contributed by atoms with Crippen molar-refractivity contribution in [2.24, 2.45) is 7.05 Å². The van der Waals surface area contributed by atoms with Crippen LogP contribution in [0.3, 0.4) is 0 Å². The Morgan fingerprint density at radius 2 is 0.750 bits per heavy atom. The molecule has 6 aromatic carbocycles. The molecule has 3 aromatic heterocycles. The molecule has 0 bridgehead atoms. The van der Waals surface area contributed by atoms with Crippen LogP contribution < -0.4 is 0 Å². The third-order valence-electron chi connectivity index (χ3n) is 13.0. The molecule has 0 aliphatic rings. The van der Waals surface area contributed by atoms with Gasteiger partial charge in [0.1, 0.15) is 0 Å². The molecule has 0 radical (unpaired) electrons. The van der Waals surface area contributed by atoms with Gasteiger partial charge >= 0.3 is 0 Å². The average Bonchev–Trinajstić information content (AvgIpc) is 3.85. The van der Waals surface area contributed by atoms with E-state index < -0.39 is 0 Å². The van der Waals surface area contributed by atoms with Crippen LogP contribution in [0.1, 0.15) is 163 Å².